The maximum Gasteiger partial charge on any atom is 0.328 e. The SMILES string of the molecule is Cc1cn(CCOC(C)OCCOC(=O)C(Cl)c2ccccc2)c(=O)[nH]c1=O. The normalized spacial score (nSPS) is 13.1. The van der Waals surface area contributed by atoms with Crippen LogP contribution in [-0.2, 0) is 25.5 Å². The van der Waals surface area contributed by atoms with Gasteiger partial charge in [-0.2, -0.15) is 0 Å². The standard InChI is InChI=1S/C19H23ClN2O6/c1-13-12-22(19(25)21-17(13)23)8-9-26-14(2)27-10-11-28-18(24)16(20)15-6-4-3-5-7-15/h3-7,12,14,16H,8-11H2,1-2H3,(H,21,23,25). The average molecular weight is 411 g/mol. The fraction of sp³-hybridized carbons (Fsp3) is 0.421. The molecule has 1 heterocycles. The Morgan fingerprint density at radius 2 is 1.82 bits per heavy atom. The van der Waals surface area contributed by atoms with Crippen LogP contribution >= 0.6 is 11.6 Å². The Morgan fingerprint density at radius 3 is 2.54 bits per heavy atom. The summed E-state index contributed by atoms with van der Waals surface area (Å²) >= 11 is 6.07. The number of H-pyrrole nitrogens is 1. The second-order valence-electron chi connectivity index (χ2n) is 6.01. The van der Waals surface area contributed by atoms with E-state index in [1.165, 1.54) is 10.8 Å². The number of hydrogen-bond donors (Lipinski definition) is 1. The number of rotatable bonds is 10. The van der Waals surface area contributed by atoms with Crippen LogP contribution in [0.25, 0.3) is 0 Å². The Balaban J connectivity index is 1.64. The first-order valence-corrected chi connectivity index (χ1v) is 9.21. The highest BCUT2D eigenvalue weighted by Crippen LogP contribution is 2.21. The molecule has 9 heteroatoms. The van der Waals surface area contributed by atoms with E-state index < -0.39 is 28.9 Å². The molecule has 1 aromatic heterocycles. The molecule has 0 aliphatic heterocycles. The molecule has 152 valence electrons. The number of halogens is 1. The first-order valence-electron chi connectivity index (χ1n) is 8.77. The van der Waals surface area contributed by atoms with Gasteiger partial charge in [0.15, 0.2) is 11.7 Å². The second kappa shape index (κ2) is 10.8. The number of aryl methyl sites for hydroxylation is 1. The summed E-state index contributed by atoms with van der Waals surface area (Å²) < 4.78 is 17.3. The van der Waals surface area contributed by atoms with E-state index in [1.54, 1.807) is 38.1 Å². The van der Waals surface area contributed by atoms with Gasteiger partial charge in [-0.15, -0.1) is 11.6 Å². The predicted octanol–water partition coefficient (Wildman–Crippen LogP) is 1.75. The topological polar surface area (TPSA) is 99.6 Å². The lowest BCUT2D eigenvalue weighted by Crippen LogP contribution is -2.32. The number of hydrogen-bond acceptors (Lipinski definition) is 6. The quantitative estimate of drug-likeness (QED) is 0.277. The van der Waals surface area contributed by atoms with Crippen LogP contribution in [0, 0.1) is 6.92 Å². The number of esters is 1. The molecule has 0 radical (unpaired) electrons. The minimum atomic E-state index is -0.867. The molecule has 0 spiro atoms. The van der Waals surface area contributed by atoms with Gasteiger partial charge in [-0.1, -0.05) is 30.3 Å². The summed E-state index contributed by atoms with van der Waals surface area (Å²) in [5.74, 6) is -0.544. The van der Waals surface area contributed by atoms with Crippen molar-refractivity contribution in [2.24, 2.45) is 0 Å². The maximum absolute atomic E-state index is 11.9. The first kappa shape index (κ1) is 21.9. The van der Waals surface area contributed by atoms with Gasteiger partial charge in [0, 0.05) is 11.8 Å². The Morgan fingerprint density at radius 1 is 1.14 bits per heavy atom. The van der Waals surface area contributed by atoms with E-state index in [4.69, 9.17) is 25.8 Å². The monoisotopic (exact) mass is 410 g/mol. The van der Waals surface area contributed by atoms with Crippen molar-refractivity contribution in [2.75, 3.05) is 19.8 Å². The van der Waals surface area contributed by atoms with Crippen LogP contribution in [0.1, 0.15) is 23.4 Å². The van der Waals surface area contributed by atoms with Gasteiger partial charge >= 0.3 is 11.7 Å². The molecule has 2 aromatic rings. The van der Waals surface area contributed by atoms with E-state index in [0.717, 1.165) is 0 Å². The molecular weight excluding hydrogens is 388 g/mol. The van der Waals surface area contributed by atoms with Crippen LogP contribution in [0.5, 0.6) is 0 Å². The largest absolute Gasteiger partial charge is 0.462 e. The zero-order valence-electron chi connectivity index (χ0n) is 15.7. The zero-order valence-corrected chi connectivity index (χ0v) is 16.5. The number of alkyl halides is 1. The number of carbonyl (C=O) groups is 1. The van der Waals surface area contributed by atoms with Crippen molar-refractivity contribution in [3.63, 3.8) is 0 Å². The van der Waals surface area contributed by atoms with E-state index in [-0.39, 0.29) is 26.4 Å². The van der Waals surface area contributed by atoms with Crippen molar-refractivity contribution in [3.8, 4) is 0 Å². The highest BCUT2D eigenvalue weighted by Gasteiger charge is 2.18. The molecule has 2 rings (SSSR count). The molecule has 0 aliphatic rings. The molecule has 0 amide bonds. The molecule has 0 saturated carbocycles. The average Bonchev–Trinajstić information content (AvgIpc) is 2.69. The summed E-state index contributed by atoms with van der Waals surface area (Å²) in [6.07, 6.45) is 0.921. The van der Waals surface area contributed by atoms with Gasteiger partial charge in [0.1, 0.15) is 6.61 Å². The van der Waals surface area contributed by atoms with Crippen molar-refractivity contribution in [1.29, 1.82) is 0 Å². The molecule has 0 fully saturated rings. The van der Waals surface area contributed by atoms with Gasteiger partial charge < -0.3 is 14.2 Å². The van der Waals surface area contributed by atoms with Crippen molar-refractivity contribution >= 4 is 17.6 Å². The van der Waals surface area contributed by atoms with Crippen LogP contribution in [0.3, 0.4) is 0 Å². The lowest BCUT2D eigenvalue weighted by Gasteiger charge is -2.15. The lowest BCUT2D eigenvalue weighted by atomic mass is 10.1. The molecule has 2 unspecified atom stereocenters. The minimum Gasteiger partial charge on any atom is -0.462 e. The Kier molecular flexibility index (Phi) is 8.43. The van der Waals surface area contributed by atoms with Gasteiger partial charge in [-0.25, -0.2) is 4.79 Å². The Hall–Kier alpha value is -2.42. The first-order chi connectivity index (χ1) is 13.4. The Labute approximate surface area is 167 Å². The van der Waals surface area contributed by atoms with Crippen LogP contribution in [0.2, 0.25) is 0 Å². The smallest absolute Gasteiger partial charge is 0.328 e. The fourth-order valence-corrected chi connectivity index (χ4v) is 2.55. The number of nitrogens with zero attached hydrogens (tertiary/aromatic N) is 1. The Bertz CT molecular complexity index is 880. The third-order valence-corrected chi connectivity index (χ3v) is 4.28. The van der Waals surface area contributed by atoms with Crippen molar-refractivity contribution in [2.45, 2.75) is 32.1 Å². The molecule has 28 heavy (non-hydrogen) atoms. The summed E-state index contributed by atoms with van der Waals surface area (Å²) in [6, 6.07) is 8.93. The summed E-state index contributed by atoms with van der Waals surface area (Å²) in [5, 5.41) is -0.867. The zero-order chi connectivity index (χ0) is 20.5. The number of nitrogens with one attached hydrogen (secondary N) is 1. The van der Waals surface area contributed by atoms with Crippen molar-refractivity contribution in [1.82, 2.24) is 9.55 Å². The van der Waals surface area contributed by atoms with Gasteiger partial charge in [0.25, 0.3) is 5.56 Å². The van der Waals surface area contributed by atoms with E-state index >= 15 is 0 Å². The van der Waals surface area contributed by atoms with Gasteiger partial charge in [0.2, 0.25) is 0 Å². The molecule has 8 nitrogen and oxygen atoms in total. The molecule has 1 aromatic carbocycles. The third kappa shape index (κ3) is 6.63. The molecular formula is C19H23ClN2O6. The highest BCUT2D eigenvalue weighted by molar-refractivity contribution is 6.29. The summed E-state index contributed by atoms with van der Waals surface area (Å²) in [4.78, 5) is 37.1. The van der Waals surface area contributed by atoms with Crippen LogP contribution < -0.4 is 11.2 Å². The minimum absolute atomic E-state index is 0.0428. The number of ether oxygens (including phenoxy) is 3. The summed E-state index contributed by atoms with van der Waals surface area (Å²) in [6.45, 7) is 3.97. The van der Waals surface area contributed by atoms with E-state index in [1.807, 2.05) is 6.07 Å². The van der Waals surface area contributed by atoms with Crippen LogP contribution in [0.4, 0.5) is 0 Å². The number of aromatic nitrogens is 2. The second-order valence-corrected chi connectivity index (χ2v) is 6.45. The molecule has 2 atom stereocenters. The summed E-state index contributed by atoms with van der Waals surface area (Å²) in [5.41, 5.74) is 0.215. The lowest BCUT2D eigenvalue weighted by molar-refractivity contribution is -0.157. The highest BCUT2D eigenvalue weighted by atomic mass is 35.5. The maximum atomic E-state index is 11.9. The molecule has 0 bridgehead atoms. The number of carbonyl (C=O) groups excluding carboxylic acids is 1. The van der Waals surface area contributed by atoms with E-state index in [2.05, 4.69) is 4.98 Å². The molecule has 0 saturated heterocycles. The molecule has 1 N–H and O–H groups in total. The predicted molar refractivity (Wildman–Crippen MR) is 103 cm³/mol. The van der Waals surface area contributed by atoms with Crippen molar-refractivity contribution in [3.05, 3.63) is 68.5 Å². The van der Waals surface area contributed by atoms with Crippen LogP contribution in [-0.4, -0.2) is 41.6 Å². The van der Waals surface area contributed by atoms with Gasteiger partial charge in [-0.3, -0.25) is 19.1 Å². The number of aromatic amines is 1. The third-order valence-electron chi connectivity index (χ3n) is 3.85. The van der Waals surface area contributed by atoms with E-state index in [0.29, 0.717) is 11.1 Å². The summed E-state index contributed by atoms with van der Waals surface area (Å²) in [7, 11) is 0. The van der Waals surface area contributed by atoms with Gasteiger partial charge in [-0.05, 0) is 19.4 Å². The van der Waals surface area contributed by atoms with Gasteiger partial charge in [0.05, 0.1) is 19.8 Å². The fourth-order valence-electron chi connectivity index (χ4n) is 2.34. The molecule has 0 aliphatic carbocycles. The number of benzene rings is 1. The van der Waals surface area contributed by atoms with Crippen molar-refractivity contribution < 1.29 is 19.0 Å². The van der Waals surface area contributed by atoms with Crippen LogP contribution in [0.15, 0.2) is 46.1 Å². The van der Waals surface area contributed by atoms with E-state index in [9.17, 15) is 14.4 Å².